The van der Waals surface area contributed by atoms with Crippen LogP contribution in [0.1, 0.15) is 22.9 Å². The van der Waals surface area contributed by atoms with Crippen LogP contribution < -0.4 is 10.6 Å². The maximum Gasteiger partial charge on any atom is 0.313 e. The van der Waals surface area contributed by atoms with Gasteiger partial charge in [0.2, 0.25) is 0 Å². The zero-order valence-electron chi connectivity index (χ0n) is 16.0. The summed E-state index contributed by atoms with van der Waals surface area (Å²) in [5, 5.41) is 5.36. The van der Waals surface area contributed by atoms with Crippen molar-refractivity contribution in [3.05, 3.63) is 89.9 Å². The molecule has 1 atom stereocenters. The minimum Gasteiger partial charge on any atom is -0.468 e. The number of anilines is 1. The fourth-order valence-electron chi connectivity index (χ4n) is 3.65. The number of furan rings is 1. The Bertz CT molecular complexity index is 970. The minimum atomic E-state index is -0.682. The molecule has 2 amide bonds. The summed E-state index contributed by atoms with van der Waals surface area (Å²) in [6.07, 6.45) is 2.57. The molecule has 2 heterocycles. The zero-order valence-corrected chi connectivity index (χ0v) is 16.0. The molecule has 2 aromatic carbocycles. The molecular formula is C23H23N3O3. The van der Waals surface area contributed by atoms with Gasteiger partial charge >= 0.3 is 11.8 Å². The summed E-state index contributed by atoms with van der Waals surface area (Å²) < 4.78 is 5.63. The predicted molar refractivity (Wildman–Crippen MR) is 110 cm³/mol. The van der Waals surface area contributed by atoms with E-state index in [1.165, 1.54) is 11.1 Å². The number of rotatable bonds is 5. The fourth-order valence-corrected chi connectivity index (χ4v) is 3.65. The Morgan fingerprint density at radius 1 is 0.931 bits per heavy atom. The minimum absolute atomic E-state index is 0.146. The number of nitrogens with one attached hydrogen (secondary N) is 2. The summed E-state index contributed by atoms with van der Waals surface area (Å²) in [6.45, 7) is 1.92. The lowest BCUT2D eigenvalue weighted by molar-refractivity contribution is -0.136. The standard InChI is InChI=1S/C23H23N3O3/c27-22(23(28)25-19-9-2-1-3-10-19)24-15-20(21-11-6-14-29-21)26-13-12-17-7-4-5-8-18(17)16-26/h1-11,14,20H,12-13,15-16H2,(H,24,27)(H,25,28)/t20-/m1/s1. The highest BCUT2D eigenvalue weighted by Gasteiger charge is 2.27. The van der Waals surface area contributed by atoms with Crippen molar-refractivity contribution in [2.24, 2.45) is 0 Å². The number of amides is 2. The summed E-state index contributed by atoms with van der Waals surface area (Å²) in [7, 11) is 0. The van der Waals surface area contributed by atoms with Crippen LogP contribution in [0, 0.1) is 0 Å². The van der Waals surface area contributed by atoms with Crippen molar-refractivity contribution in [1.82, 2.24) is 10.2 Å². The lowest BCUT2D eigenvalue weighted by Gasteiger charge is -2.34. The first kappa shape index (κ1) is 19.0. The summed E-state index contributed by atoms with van der Waals surface area (Å²) in [5.41, 5.74) is 3.22. The Kier molecular flexibility index (Phi) is 5.72. The molecule has 29 heavy (non-hydrogen) atoms. The Labute approximate surface area is 169 Å². The van der Waals surface area contributed by atoms with Crippen LogP contribution in [-0.4, -0.2) is 29.8 Å². The molecule has 0 bridgehead atoms. The van der Waals surface area contributed by atoms with Crippen LogP contribution in [0.2, 0.25) is 0 Å². The molecule has 1 aromatic heterocycles. The van der Waals surface area contributed by atoms with Crippen LogP contribution in [0.4, 0.5) is 5.69 Å². The summed E-state index contributed by atoms with van der Waals surface area (Å²) in [6, 6.07) is 20.9. The molecule has 2 N–H and O–H groups in total. The second-order valence-electron chi connectivity index (χ2n) is 7.05. The van der Waals surface area contributed by atoms with Gasteiger partial charge in [0.05, 0.1) is 12.3 Å². The van der Waals surface area contributed by atoms with E-state index in [0.717, 1.165) is 25.3 Å². The first-order valence-electron chi connectivity index (χ1n) is 9.69. The number of hydrogen-bond donors (Lipinski definition) is 2. The number of carbonyl (C=O) groups is 2. The van der Waals surface area contributed by atoms with Crippen LogP contribution >= 0.6 is 0 Å². The van der Waals surface area contributed by atoms with Gasteiger partial charge in [-0.15, -0.1) is 0 Å². The number of para-hydroxylation sites is 1. The molecule has 1 aliphatic rings. The van der Waals surface area contributed by atoms with Gasteiger partial charge < -0.3 is 15.1 Å². The van der Waals surface area contributed by atoms with E-state index in [1.54, 1.807) is 30.5 Å². The van der Waals surface area contributed by atoms with E-state index in [9.17, 15) is 9.59 Å². The van der Waals surface area contributed by atoms with E-state index in [4.69, 9.17) is 4.42 Å². The topological polar surface area (TPSA) is 74.6 Å². The third-order valence-electron chi connectivity index (χ3n) is 5.17. The average Bonchev–Trinajstić information content (AvgIpc) is 3.29. The van der Waals surface area contributed by atoms with Crippen LogP contribution in [0.25, 0.3) is 0 Å². The Morgan fingerprint density at radius 2 is 1.69 bits per heavy atom. The first-order valence-corrected chi connectivity index (χ1v) is 9.69. The number of carbonyl (C=O) groups excluding carboxylic acids is 2. The highest BCUT2D eigenvalue weighted by atomic mass is 16.3. The Hall–Kier alpha value is -3.38. The molecular weight excluding hydrogens is 366 g/mol. The van der Waals surface area contributed by atoms with Crippen LogP contribution in [0.5, 0.6) is 0 Å². The van der Waals surface area contributed by atoms with Gasteiger partial charge in [-0.1, -0.05) is 42.5 Å². The maximum atomic E-state index is 12.3. The van der Waals surface area contributed by atoms with Gasteiger partial charge in [-0.05, 0) is 41.8 Å². The molecule has 6 heteroatoms. The van der Waals surface area contributed by atoms with Gasteiger partial charge in [-0.25, -0.2) is 0 Å². The maximum absolute atomic E-state index is 12.3. The summed E-state index contributed by atoms with van der Waals surface area (Å²) >= 11 is 0. The molecule has 6 nitrogen and oxygen atoms in total. The predicted octanol–water partition coefficient (Wildman–Crippen LogP) is 3.13. The van der Waals surface area contributed by atoms with Crippen molar-refractivity contribution < 1.29 is 14.0 Å². The third kappa shape index (κ3) is 4.55. The van der Waals surface area contributed by atoms with E-state index in [1.807, 2.05) is 24.3 Å². The van der Waals surface area contributed by atoms with Gasteiger partial charge in [-0.2, -0.15) is 0 Å². The Balaban J connectivity index is 1.42. The van der Waals surface area contributed by atoms with E-state index >= 15 is 0 Å². The second kappa shape index (κ2) is 8.75. The van der Waals surface area contributed by atoms with Crippen molar-refractivity contribution in [1.29, 1.82) is 0 Å². The highest BCUT2D eigenvalue weighted by Crippen LogP contribution is 2.27. The van der Waals surface area contributed by atoms with E-state index in [-0.39, 0.29) is 12.6 Å². The average molecular weight is 389 g/mol. The third-order valence-corrected chi connectivity index (χ3v) is 5.17. The van der Waals surface area contributed by atoms with E-state index in [0.29, 0.717) is 5.69 Å². The molecule has 0 spiro atoms. The van der Waals surface area contributed by atoms with Crippen molar-refractivity contribution >= 4 is 17.5 Å². The molecule has 1 aliphatic heterocycles. The van der Waals surface area contributed by atoms with E-state index in [2.05, 4.69) is 33.7 Å². The first-order chi connectivity index (χ1) is 14.2. The zero-order chi connectivity index (χ0) is 20.1. The summed E-state index contributed by atoms with van der Waals surface area (Å²) in [4.78, 5) is 26.8. The van der Waals surface area contributed by atoms with Crippen molar-refractivity contribution in [2.75, 3.05) is 18.4 Å². The quantitative estimate of drug-likeness (QED) is 0.658. The largest absolute Gasteiger partial charge is 0.468 e. The Morgan fingerprint density at radius 3 is 2.45 bits per heavy atom. The summed E-state index contributed by atoms with van der Waals surface area (Å²) in [5.74, 6) is -0.575. The SMILES string of the molecule is O=C(NC[C@H](c1ccco1)N1CCc2ccccc2C1)C(=O)Nc1ccccc1. The number of benzene rings is 2. The normalized spacial score (nSPS) is 14.6. The number of hydrogen-bond acceptors (Lipinski definition) is 4. The van der Waals surface area contributed by atoms with Crippen molar-refractivity contribution in [2.45, 2.75) is 19.0 Å². The molecule has 0 unspecified atom stereocenters. The van der Waals surface area contributed by atoms with Gasteiger partial charge in [-0.3, -0.25) is 14.5 Å². The second-order valence-corrected chi connectivity index (χ2v) is 7.05. The van der Waals surface area contributed by atoms with Crippen LogP contribution in [0.15, 0.2) is 77.4 Å². The lowest BCUT2D eigenvalue weighted by Crippen LogP contribution is -2.43. The van der Waals surface area contributed by atoms with E-state index < -0.39 is 11.8 Å². The lowest BCUT2D eigenvalue weighted by atomic mass is 9.98. The van der Waals surface area contributed by atoms with Gasteiger partial charge in [0.1, 0.15) is 5.76 Å². The molecule has 0 aliphatic carbocycles. The molecule has 0 fully saturated rings. The van der Waals surface area contributed by atoms with Gasteiger partial charge in [0.15, 0.2) is 0 Å². The van der Waals surface area contributed by atoms with Gasteiger partial charge in [0, 0.05) is 25.3 Å². The number of fused-ring (bicyclic) bond motifs is 1. The van der Waals surface area contributed by atoms with Crippen LogP contribution in [-0.2, 0) is 22.6 Å². The smallest absolute Gasteiger partial charge is 0.313 e. The number of nitrogens with zero attached hydrogens (tertiary/aromatic N) is 1. The van der Waals surface area contributed by atoms with Crippen molar-refractivity contribution in [3.8, 4) is 0 Å². The van der Waals surface area contributed by atoms with Gasteiger partial charge in [0.25, 0.3) is 0 Å². The monoisotopic (exact) mass is 389 g/mol. The molecule has 148 valence electrons. The molecule has 3 aromatic rings. The fraction of sp³-hybridized carbons (Fsp3) is 0.217. The molecule has 0 saturated heterocycles. The highest BCUT2D eigenvalue weighted by molar-refractivity contribution is 6.39. The molecule has 0 radical (unpaired) electrons. The van der Waals surface area contributed by atoms with Crippen molar-refractivity contribution in [3.63, 3.8) is 0 Å². The molecule has 0 saturated carbocycles. The molecule has 4 rings (SSSR count). The van der Waals surface area contributed by atoms with Crippen LogP contribution in [0.3, 0.4) is 0 Å².